The summed E-state index contributed by atoms with van der Waals surface area (Å²) in [7, 11) is 0. The molecule has 1 heterocycles. The molecule has 3 rings (SSSR count). The minimum absolute atomic E-state index is 0.0505. The summed E-state index contributed by atoms with van der Waals surface area (Å²) in [5, 5.41) is 0. The number of imide groups is 1. The molecular weight excluding hydrogens is 337 g/mol. The predicted molar refractivity (Wildman–Crippen MR) is 79.1 cm³/mol. The fraction of sp³-hybridized carbons (Fsp3) is 0.125. The molecule has 3 nitrogen and oxygen atoms in total. The van der Waals surface area contributed by atoms with Gasteiger partial charge in [0.05, 0.1) is 13.0 Å². The molecule has 0 saturated carbocycles. The third-order valence-electron chi connectivity index (χ3n) is 3.48. The fourth-order valence-corrected chi connectivity index (χ4v) is 2.71. The number of benzene rings is 2. The number of hydrogen-bond donors (Lipinski definition) is 0. The number of rotatable bonds is 2. The summed E-state index contributed by atoms with van der Waals surface area (Å²) < 4.78 is 14.5. The molecule has 5 heteroatoms. The van der Waals surface area contributed by atoms with E-state index in [1.807, 2.05) is 0 Å². The van der Waals surface area contributed by atoms with Crippen molar-refractivity contribution in [2.75, 3.05) is 0 Å². The van der Waals surface area contributed by atoms with Crippen molar-refractivity contribution >= 4 is 27.7 Å². The molecule has 0 radical (unpaired) electrons. The second-order valence-electron chi connectivity index (χ2n) is 4.85. The van der Waals surface area contributed by atoms with E-state index in [1.54, 1.807) is 36.4 Å². The molecule has 2 aromatic carbocycles. The van der Waals surface area contributed by atoms with Crippen molar-refractivity contribution in [1.82, 2.24) is 4.90 Å². The Labute approximate surface area is 129 Å². The molecule has 0 aliphatic carbocycles. The normalized spacial score (nSPS) is 14.3. The number of nitrogens with zero attached hydrogens (tertiary/aromatic N) is 1. The highest BCUT2D eigenvalue weighted by Crippen LogP contribution is 2.23. The van der Waals surface area contributed by atoms with E-state index in [4.69, 9.17) is 0 Å². The zero-order valence-electron chi connectivity index (χ0n) is 11.0. The molecule has 0 spiro atoms. The van der Waals surface area contributed by atoms with Crippen LogP contribution in [0.4, 0.5) is 4.39 Å². The minimum atomic E-state index is -0.441. The summed E-state index contributed by atoms with van der Waals surface area (Å²) in [6.45, 7) is -0.0505. The summed E-state index contributed by atoms with van der Waals surface area (Å²) in [5.74, 6) is -1.12. The smallest absolute Gasteiger partial charge is 0.261 e. The average molecular weight is 348 g/mol. The Kier molecular flexibility index (Phi) is 3.59. The predicted octanol–water partition coefficient (Wildman–Crippen LogP) is 3.31. The van der Waals surface area contributed by atoms with Gasteiger partial charge in [0.25, 0.3) is 5.91 Å². The molecule has 0 bridgehead atoms. The van der Waals surface area contributed by atoms with Crippen LogP contribution in [0.2, 0.25) is 0 Å². The number of halogens is 2. The Morgan fingerprint density at radius 1 is 1.14 bits per heavy atom. The van der Waals surface area contributed by atoms with Gasteiger partial charge in [-0.15, -0.1) is 0 Å². The molecule has 0 fully saturated rings. The van der Waals surface area contributed by atoms with Gasteiger partial charge in [0, 0.05) is 15.6 Å². The van der Waals surface area contributed by atoms with Gasteiger partial charge in [-0.2, -0.15) is 0 Å². The quantitative estimate of drug-likeness (QED) is 0.781. The zero-order valence-corrected chi connectivity index (χ0v) is 12.6. The third-order valence-corrected chi connectivity index (χ3v) is 3.97. The fourth-order valence-electron chi connectivity index (χ4n) is 2.38. The van der Waals surface area contributed by atoms with Gasteiger partial charge in [0.1, 0.15) is 5.82 Å². The lowest BCUT2D eigenvalue weighted by molar-refractivity contribution is -0.128. The standard InChI is InChI=1S/C16H11BrFNO2/c17-12-6-5-11(14(18)8-12)9-19-15(20)7-10-3-1-2-4-13(10)16(19)21/h1-6,8H,7,9H2. The Hall–Kier alpha value is -2.01. The summed E-state index contributed by atoms with van der Waals surface area (Å²) in [5.41, 5.74) is 1.55. The number of fused-ring (bicyclic) bond motifs is 1. The third kappa shape index (κ3) is 2.61. The van der Waals surface area contributed by atoms with Crippen LogP contribution in [0.15, 0.2) is 46.9 Å². The monoisotopic (exact) mass is 347 g/mol. The molecule has 0 N–H and O–H groups in total. The largest absolute Gasteiger partial charge is 0.274 e. The van der Waals surface area contributed by atoms with Crippen LogP contribution in [0.5, 0.6) is 0 Å². The number of amides is 2. The van der Waals surface area contributed by atoms with Crippen molar-refractivity contribution in [2.24, 2.45) is 0 Å². The first-order valence-electron chi connectivity index (χ1n) is 6.43. The van der Waals surface area contributed by atoms with Gasteiger partial charge >= 0.3 is 0 Å². The molecule has 0 unspecified atom stereocenters. The van der Waals surface area contributed by atoms with Gasteiger partial charge in [-0.1, -0.05) is 40.2 Å². The topological polar surface area (TPSA) is 37.4 Å². The van der Waals surface area contributed by atoms with Gasteiger partial charge in [-0.05, 0) is 23.8 Å². The van der Waals surface area contributed by atoms with E-state index in [0.29, 0.717) is 15.6 Å². The molecule has 106 valence electrons. The maximum absolute atomic E-state index is 13.9. The van der Waals surface area contributed by atoms with E-state index in [0.717, 1.165) is 10.5 Å². The summed E-state index contributed by atoms with van der Waals surface area (Å²) in [6, 6.07) is 11.6. The van der Waals surface area contributed by atoms with Crippen molar-refractivity contribution in [3.05, 3.63) is 69.4 Å². The molecule has 0 atom stereocenters. The lowest BCUT2D eigenvalue weighted by Crippen LogP contribution is -2.41. The SMILES string of the molecule is O=C1Cc2ccccc2C(=O)N1Cc1ccc(Br)cc1F. The maximum atomic E-state index is 13.9. The first-order chi connectivity index (χ1) is 10.1. The Bertz CT molecular complexity index is 745. The lowest BCUT2D eigenvalue weighted by Gasteiger charge is -2.27. The second-order valence-corrected chi connectivity index (χ2v) is 5.77. The maximum Gasteiger partial charge on any atom is 0.261 e. The highest BCUT2D eigenvalue weighted by Gasteiger charge is 2.31. The Morgan fingerprint density at radius 2 is 1.90 bits per heavy atom. The van der Waals surface area contributed by atoms with Crippen LogP contribution >= 0.6 is 15.9 Å². The molecule has 1 aliphatic rings. The van der Waals surface area contributed by atoms with Gasteiger partial charge in [-0.3, -0.25) is 14.5 Å². The number of hydrogen-bond acceptors (Lipinski definition) is 2. The second kappa shape index (κ2) is 5.41. The van der Waals surface area contributed by atoms with Gasteiger partial charge in [0.15, 0.2) is 0 Å². The summed E-state index contributed by atoms with van der Waals surface area (Å²) in [4.78, 5) is 25.6. The minimum Gasteiger partial charge on any atom is -0.274 e. The molecular formula is C16H11BrFNO2. The van der Waals surface area contributed by atoms with Crippen molar-refractivity contribution in [3.8, 4) is 0 Å². The highest BCUT2D eigenvalue weighted by molar-refractivity contribution is 9.10. The van der Waals surface area contributed by atoms with E-state index in [-0.39, 0.29) is 24.8 Å². The van der Waals surface area contributed by atoms with Crippen LogP contribution in [-0.4, -0.2) is 16.7 Å². The van der Waals surface area contributed by atoms with Crippen LogP contribution < -0.4 is 0 Å². The van der Waals surface area contributed by atoms with Crippen LogP contribution in [-0.2, 0) is 17.8 Å². The van der Waals surface area contributed by atoms with Crippen molar-refractivity contribution < 1.29 is 14.0 Å². The first kappa shape index (κ1) is 13.9. The van der Waals surface area contributed by atoms with E-state index in [1.165, 1.54) is 6.07 Å². The number of carbonyl (C=O) groups excluding carboxylic acids is 2. The Morgan fingerprint density at radius 3 is 2.67 bits per heavy atom. The van der Waals surface area contributed by atoms with Crippen molar-refractivity contribution in [3.63, 3.8) is 0 Å². The molecule has 2 aromatic rings. The summed E-state index contributed by atoms with van der Waals surface area (Å²) in [6.07, 6.45) is 0.167. The zero-order chi connectivity index (χ0) is 15.0. The van der Waals surface area contributed by atoms with Gasteiger partial charge in [0.2, 0.25) is 5.91 Å². The molecule has 1 aliphatic heterocycles. The van der Waals surface area contributed by atoms with Crippen molar-refractivity contribution in [1.29, 1.82) is 0 Å². The lowest BCUT2D eigenvalue weighted by atomic mass is 9.98. The summed E-state index contributed by atoms with van der Waals surface area (Å²) >= 11 is 3.18. The molecule has 0 saturated heterocycles. The van der Waals surface area contributed by atoms with Gasteiger partial charge in [-0.25, -0.2) is 4.39 Å². The van der Waals surface area contributed by atoms with Crippen LogP contribution in [0.25, 0.3) is 0 Å². The van der Waals surface area contributed by atoms with E-state index in [2.05, 4.69) is 15.9 Å². The molecule has 2 amide bonds. The van der Waals surface area contributed by atoms with E-state index >= 15 is 0 Å². The van der Waals surface area contributed by atoms with Crippen LogP contribution in [0, 0.1) is 5.82 Å². The molecule has 21 heavy (non-hydrogen) atoms. The highest BCUT2D eigenvalue weighted by atomic mass is 79.9. The van der Waals surface area contributed by atoms with Crippen molar-refractivity contribution in [2.45, 2.75) is 13.0 Å². The molecule has 0 aromatic heterocycles. The first-order valence-corrected chi connectivity index (χ1v) is 7.22. The number of carbonyl (C=O) groups is 2. The van der Waals surface area contributed by atoms with Crippen LogP contribution in [0.3, 0.4) is 0 Å². The van der Waals surface area contributed by atoms with Crippen LogP contribution in [0.1, 0.15) is 21.5 Å². The Balaban J connectivity index is 1.93. The van der Waals surface area contributed by atoms with E-state index < -0.39 is 5.82 Å². The van der Waals surface area contributed by atoms with Gasteiger partial charge < -0.3 is 0 Å². The van der Waals surface area contributed by atoms with E-state index in [9.17, 15) is 14.0 Å². The average Bonchev–Trinajstić information content (AvgIpc) is 2.45.